The molecule has 130 valence electrons. The van der Waals surface area contributed by atoms with Crippen molar-refractivity contribution < 1.29 is 9.53 Å². The summed E-state index contributed by atoms with van der Waals surface area (Å²) in [7, 11) is 0. The maximum Gasteiger partial charge on any atom is 0.341 e. The van der Waals surface area contributed by atoms with E-state index in [0.29, 0.717) is 23.7 Å². The summed E-state index contributed by atoms with van der Waals surface area (Å²) in [5, 5.41) is 9.21. The van der Waals surface area contributed by atoms with Crippen LogP contribution in [-0.2, 0) is 17.8 Å². The van der Waals surface area contributed by atoms with Crippen molar-refractivity contribution in [3.63, 3.8) is 0 Å². The molecular formula is C18H19ClN4O2. The fraction of sp³-hybridized carbons (Fsp3) is 0.278. The third-order valence-electron chi connectivity index (χ3n) is 3.80. The van der Waals surface area contributed by atoms with E-state index < -0.39 is 5.97 Å². The summed E-state index contributed by atoms with van der Waals surface area (Å²) in [6, 6.07) is 9.53. The molecule has 0 aliphatic rings. The van der Waals surface area contributed by atoms with Gasteiger partial charge in [0.05, 0.1) is 30.5 Å². The summed E-state index contributed by atoms with van der Waals surface area (Å²) in [4.78, 5) is 12.1. The number of aryl methyl sites for hydroxylation is 2. The molecule has 0 atom stereocenters. The average Bonchev–Trinajstić information content (AvgIpc) is 3.16. The Balaban J connectivity index is 1.55. The minimum absolute atomic E-state index is 0.260. The molecule has 0 bridgehead atoms. The lowest BCUT2D eigenvalue weighted by Gasteiger charge is -2.05. The van der Waals surface area contributed by atoms with Gasteiger partial charge >= 0.3 is 5.97 Å². The van der Waals surface area contributed by atoms with Crippen molar-refractivity contribution in [1.29, 1.82) is 0 Å². The van der Waals surface area contributed by atoms with Gasteiger partial charge in [-0.3, -0.25) is 9.36 Å². The van der Waals surface area contributed by atoms with Crippen LogP contribution in [0.25, 0.3) is 0 Å². The van der Waals surface area contributed by atoms with E-state index in [9.17, 15) is 4.79 Å². The van der Waals surface area contributed by atoms with Crippen LogP contribution >= 0.6 is 11.6 Å². The van der Waals surface area contributed by atoms with Crippen molar-refractivity contribution in [3.05, 3.63) is 70.3 Å². The molecule has 0 aliphatic heterocycles. The SMILES string of the molecule is Cc1cc(C)n(CCOC(=O)c2cnn(Cc3ccccc3Cl)c2)n1. The molecule has 0 N–H and O–H groups in total. The second-order valence-electron chi connectivity index (χ2n) is 5.80. The van der Waals surface area contributed by atoms with E-state index in [1.54, 1.807) is 10.9 Å². The predicted molar refractivity (Wildman–Crippen MR) is 94.8 cm³/mol. The molecule has 0 unspecified atom stereocenters. The summed E-state index contributed by atoms with van der Waals surface area (Å²) >= 11 is 6.14. The molecule has 0 saturated carbocycles. The number of rotatable bonds is 6. The van der Waals surface area contributed by atoms with Crippen molar-refractivity contribution in [2.75, 3.05) is 6.61 Å². The molecule has 2 aromatic heterocycles. The maximum absolute atomic E-state index is 12.1. The second kappa shape index (κ2) is 7.53. The summed E-state index contributed by atoms with van der Waals surface area (Å²) in [5.41, 5.74) is 3.35. The van der Waals surface area contributed by atoms with Gasteiger partial charge in [-0.05, 0) is 31.5 Å². The van der Waals surface area contributed by atoms with Gasteiger partial charge in [0.2, 0.25) is 0 Å². The molecule has 0 fully saturated rings. The Morgan fingerprint density at radius 1 is 1.28 bits per heavy atom. The van der Waals surface area contributed by atoms with E-state index in [-0.39, 0.29) is 6.61 Å². The molecular weight excluding hydrogens is 340 g/mol. The van der Waals surface area contributed by atoms with Crippen LogP contribution in [0.5, 0.6) is 0 Å². The normalized spacial score (nSPS) is 10.8. The van der Waals surface area contributed by atoms with Gasteiger partial charge in [-0.1, -0.05) is 29.8 Å². The van der Waals surface area contributed by atoms with Gasteiger partial charge in [0.25, 0.3) is 0 Å². The molecule has 0 saturated heterocycles. The lowest BCUT2D eigenvalue weighted by atomic mass is 10.2. The number of carbonyl (C=O) groups is 1. The van der Waals surface area contributed by atoms with Crippen LogP contribution in [0.15, 0.2) is 42.7 Å². The van der Waals surface area contributed by atoms with Crippen molar-refractivity contribution >= 4 is 17.6 Å². The lowest BCUT2D eigenvalue weighted by Crippen LogP contribution is -2.13. The fourth-order valence-corrected chi connectivity index (χ4v) is 2.76. The first kappa shape index (κ1) is 17.2. The Morgan fingerprint density at radius 3 is 2.80 bits per heavy atom. The zero-order valence-electron chi connectivity index (χ0n) is 14.1. The third-order valence-corrected chi connectivity index (χ3v) is 4.17. The first-order chi connectivity index (χ1) is 12.0. The molecule has 0 aliphatic carbocycles. The quantitative estimate of drug-likeness (QED) is 0.634. The highest BCUT2D eigenvalue weighted by Gasteiger charge is 2.11. The average molecular weight is 359 g/mol. The highest BCUT2D eigenvalue weighted by molar-refractivity contribution is 6.31. The minimum Gasteiger partial charge on any atom is -0.460 e. The van der Waals surface area contributed by atoms with E-state index in [4.69, 9.17) is 16.3 Å². The van der Waals surface area contributed by atoms with Crippen LogP contribution in [-0.4, -0.2) is 32.1 Å². The molecule has 0 amide bonds. The van der Waals surface area contributed by atoms with Gasteiger partial charge in [-0.25, -0.2) is 4.79 Å². The van der Waals surface area contributed by atoms with Crippen LogP contribution in [0.1, 0.15) is 27.3 Å². The largest absolute Gasteiger partial charge is 0.460 e. The van der Waals surface area contributed by atoms with Crippen LogP contribution < -0.4 is 0 Å². The number of hydrogen-bond donors (Lipinski definition) is 0. The summed E-state index contributed by atoms with van der Waals surface area (Å²) in [5.74, 6) is -0.396. The van der Waals surface area contributed by atoms with Gasteiger partial charge < -0.3 is 4.74 Å². The number of esters is 1. The van der Waals surface area contributed by atoms with E-state index in [1.807, 2.05) is 48.9 Å². The van der Waals surface area contributed by atoms with Crippen molar-refractivity contribution in [1.82, 2.24) is 19.6 Å². The molecule has 25 heavy (non-hydrogen) atoms. The second-order valence-corrected chi connectivity index (χ2v) is 6.21. The van der Waals surface area contributed by atoms with E-state index in [0.717, 1.165) is 17.0 Å². The number of halogens is 1. The van der Waals surface area contributed by atoms with E-state index >= 15 is 0 Å². The van der Waals surface area contributed by atoms with Crippen molar-refractivity contribution in [2.24, 2.45) is 0 Å². The van der Waals surface area contributed by atoms with Crippen LogP contribution in [0.2, 0.25) is 5.02 Å². The predicted octanol–water partition coefficient (Wildman–Crippen LogP) is 3.26. The van der Waals surface area contributed by atoms with Crippen molar-refractivity contribution in [3.8, 4) is 0 Å². The fourth-order valence-electron chi connectivity index (χ4n) is 2.57. The topological polar surface area (TPSA) is 61.9 Å². The van der Waals surface area contributed by atoms with Gasteiger partial charge in [0.15, 0.2) is 0 Å². The van der Waals surface area contributed by atoms with E-state index in [1.165, 1.54) is 6.20 Å². The Morgan fingerprint density at radius 2 is 2.08 bits per heavy atom. The highest BCUT2D eigenvalue weighted by atomic mass is 35.5. The number of carbonyl (C=O) groups excluding carboxylic acids is 1. The first-order valence-electron chi connectivity index (χ1n) is 7.97. The van der Waals surface area contributed by atoms with Crippen molar-refractivity contribution in [2.45, 2.75) is 26.9 Å². The molecule has 3 aromatic rings. The zero-order chi connectivity index (χ0) is 17.8. The molecule has 1 aromatic carbocycles. The number of aromatic nitrogens is 4. The highest BCUT2D eigenvalue weighted by Crippen LogP contribution is 2.16. The Bertz CT molecular complexity index is 885. The standard InChI is InChI=1S/C18H19ClN4O2/c1-13-9-14(2)23(21-13)7-8-25-18(24)16-10-20-22(12-16)11-15-5-3-4-6-17(15)19/h3-6,9-10,12H,7-8,11H2,1-2H3. The van der Waals surface area contributed by atoms with Crippen LogP contribution in [0.3, 0.4) is 0 Å². The Kier molecular flexibility index (Phi) is 5.19. The van der Waals surface area contributed by atoms with Crippen LogP contribution in [0.4, 0.5) is 0 Å². The molecule has 7 heteroatoms. The first-order valence-corrected chi connectivity index (χ1v) is 8.35. The van der Waals surface area contributed by atoms with E-state index in [2.05, 4.69) is 10.2 Å². The zero-order valence-corrected chi connectivity index (χ0v) is 14.9. The summed E-state index contributed by atoms with van der Waals surface area (Å²) in [6.45, 7) is 5.19. The molecule has 6 nitrogen and oxygen atoms in total. The molecule has 2 heterocycles. The Labute approximate surface area is 151 Å². The number of hydrogen-bond acceptors (Lipinski definition) is 4. The molecule has 0 radical (unpaired) electrons. The molecule has 0 spiro atoms. The number of ether oxygens (including phenoxy) is 1. The number of nitrogens with zero attached hydrogens (tertiary/aromatic N) is 4. The lowest BCUT2D eigenvalue weighted by molar-refractivity contribution is 0.0487. The van der Waals surface area contributed by atoms with Gasteiger partial charge in [0, 0.05) is 16.9 Å². The van der Waals surface area contributed by atoms with Gasteiger partial charge in [-0.15, -0.1) is 0 Å². The summed E-state index contributed by atoms with van der Waals surface area (Å²) < 4.78 is 8.79. The van der Waals surface area contributed by atoms with Gasteiger partial charge in [0.1, 0.15) is 6.61 Å². The van der Waals surface area contributed by atoms with Gasteiger partial charge in [-0.2, -0.15) is 10.2 Å². The van der Waals surface area contributed by atoms with Crippen LogP contribution in [0, 0.1) is 13.8 Å². The third kappa shape index (κ3) is 4.28. The minimum atomic E-state index is -0.396. The maximum atomic E-state index is 12.1. The summed E-state index contributed by atoms with van der Waals surface area (Å²) in [6.07, 6.45) is 3.16. The molecule has 3 rings (SSSR count). The monoisotopic (exact) mass is 358 g/mol. The smallest absolute Gasteiger partial charge is 0.341 e. The Hall–Kier alpha value is -2.60. The number of benzene rings is 1.